The molecule has 0 bridgehead atoms. The summed E-state index contributed by atoms with van der Waals surface area (Å²) in [6, 6.07) is 9.57. The van der Waals surface area contributed by atoms with Gasteiger partial charge in [0.2, 0.25) is 5.91 Å². The van der Waals surface area contributed by atoms with Crippen molar-refractivity contribution in [3.63, 3.8) is 0 Å². The fourth-order valence-corrected chi connectivity index (χ4v) is 3.86. The smallest absolute Gasteiger partial charge is 0.237 e. The number of carbonyl (C=O) groups excluding carboxylic acids is 1. The highest BCUT2D eigenvalue weighted by Gasteiger charge is 2.62. The van der Waals surface area contributed by atoms with E-state index in [1.807, 2.05) is 38.1 Å². The molecular formula is C17H19Cl3N2O. The van der Waals surface area contributed by atoms with Crippen LogP contribution in [0.2, 0.25) is 5.02 Å². The summed E-state index contributed by atoms with van der Waals surface area (Å²) < 4.78 is -0.817. The second-order valence-electron chi connectivity index (χ2n) is 6.57. The normalized spacial score (nSPS) is 20.4. The van der Waals surface area contributed by atoms with Gasteiger partial charge in [0, 0.05) is 17.5 Å². The molecule has 0 heterocycles. The van der Waals surface area contributed by atoms with Crippen LogP contribution in [-0.4, -0.2) is 16.8 Å². The molecule has 1 aliphatic carbocycles. The Balaban J connectivity index is 1.91. The van der Waals surface area contributed by atoms with Gasteiger partial charge in [-0.05, 0) is 36.0 Å². The lowest BCUT2D eigenvalue weighted by molar-refractivity contribution is -0.126. The maximum atomic E-state index is 12.4. The zero-order valence-electron chi connectivity index (χ0n) is 13.1. The molecule has 1 aliphatic rings. The zero-order chi connectivity index (χ0) is 17.3. The Kier molecular flexibility index (Phi) is 5.51. The van der Waals surface area contributed by atoms with Crippen molar-refractivity contribution in [2.45, 2.75) is 31.0 Å². The highest BCUT2D eigenvalue weighted by molar-refractivity contribution is 6.51. The molecule has 0 radical (unpaired) electrons. The summed E-state index contributed by atoms with van der Waals surface area (Å²) in [7, 11) is 0. The summed E-state index contributed by atoms with van der Waals surface area (Å²) in [6.07, 6.45) is 1.29. The van der Waals surface area contributed by atoms with E-state index in [0.29, 0.717) is 24.4 Å². The fraction of sp³-hybridized carbons (Fsp3) is 0.529. The first kappa shape index (κ1) is 18.4. The Morgan fingerprint density at radius 2 is 2.00 bits per heavy atom. The Labute approximate surface area is 151 Å². The van der Waals surface area contributed by atoms with Crippen molar-refractivity contribution in [3.8, 4) is 6.07 Å². The standard InChI is InChI=1S/C17H19Cl3N2O/c1-16(2,14-9-17(14,19)20)13(10-21)15(23)22-8-7-11-3-5-12(18)6-4-11/h3-6,13-14H,7-9H2,1-2H3,(H,22,23)/t13?,14-/m1/s1. The van der Waals surface area contributed by atoms with Gasteiger partial charge in [0.25, 0.3) is 0 Å². The van der Waals surface area contributed by atoms with E-state index in [4.69, 9.17) is 34.8 Å². The van der Waals surface area contributed by atoms with Gasteiger partial charge in [0.15, 0.2) is 0 Å². The van der Waals surface area contributed by atoms with Crippen molar-refractivity contribution < 1.29 is 4.79 Å². The van der Waals surface area contributed by atoms with Crippen molar-refractivity contribution in [2.75, 3.05) is 6.54 Å². The van der Waals surface area contributed by atoms with E-state index in [9.17, 15) is 10.1 Å². The second-order valence-corrected chi connectivity index (χ2v) is 8.55. The van der Waals surface area contributed by atoms with Crippen LogP contribution in [0.3, 0.4) is 0 Å². The molecule has 3 nitrogen and oxygen atoms in total. The Hall–Kier alpha value is -0.950. The number of nitrogens with zero attached hydrogens (tertiary/aromatic N) is 1. The molecule has 0 aliphatic heterocycles. The topological polar surface area (TPSA) is 52.9 Å². The highest BCUT2D eigenvalue weighted by atomic mass is 35.5. The number of hydrogen-bond acceptors (Lipinski definition) is 2. The summed E-state index contributed by atoms with van der Waals surface area (Å²) in [5.74, 6) is -1.11. The average Bonchev–Trinajstić information content (AvgIpc) is 3.12. The van der Waals surface area contributed by atoms with E-state index in [-0.39, 0.29) is 11.8 Å². The van der Waals surface area contributed by atoms with Gasteiger partial charge in [-0.3, -0.25) is 4.79 Å². The largest absolute Gasteiger partial charge is 0.355 e. The first-order valence-corrected chi connectivity index (χ1v) is 8.61. The fourth-order valence-electron chi connectivity index (χ4n) is 2.87. The van der Waals surface area contributed by atoms with Crippen molar-refractivity contribution in [3.05, 3.63) is 34.9 Å². The Morgan fingerprint density at radius 1 is 1.43 bits per heavy atom. The average molecular weight is 374 g/mol. The van der Waals surface area contributed by atoms with Gasteiger partial charge in [0.1, 0.15) is 10.3 Å². The van der Waals surface area contributed by atoms with Crippen molar-refractivity contribution in [1.82, 2.24) is 5.32 Å². The van der Waals surface area contributed by atoms with Gasteiger partial charge >= 0.3 is 0 Å². The number of amides is 1. The molecule has 1 amide bonds. The highest BCUT2D eigenvalue weighted by Crippen LogP contribution is 2.63. The van der Waals surface area contributed by atoms with Gasteiger partial charge in [0.05, 0.1) is 6.07 Å². The van der Waals surface area contributed by atoms with E-state index in [1.165, 1.54) is 0 Å². The van der Waals surface area contributed by atoms with E-state index in [1.54, 1.807) is 0 Å². The van der Waals surface area contributed by atoms with E-state index < -0.39 is 15.7 Å². The van der Waals surface area contributed by atoms with Crippen LogP contribution in [0.25, 0.3) is 0 Å². The van der Waals surface area contributed by atoms with Gasteiger partial charge in [-0.15, -0.1) is 23.2 Å². The number of hydrogen-bond donors (Lipinski definition) is 1. The van der Waals surface area contributed by atoms with Crippen LogP contribution in [-0.2, 0) is 11.2 Å². The van der Waals surface area contributed by atoms with Gasteiger partial charge < -0.3 is 5.32 Å². The van der Waals surface area contributed by atoms with Crippen molar-refractivity contribution >= 4 is 40.7 Å². The molecular weight excluding hydrogens is 355 g/mol. The molecule has 1 N–H and O–H groups in total. The van der Waals surface area contributed by atoms with E-state index >= 15 is 0 Å². The number of rotatable bonds is 6. The maximum Gasteiger partial charge on any atom is 0.237 e. The molecule has 1 aromatic carbocycles. The second kappa shape index (κ2) is 6.89. The quantitative estimate of drug-likeness (QED) is 0.753. The van der Waals surface area contributed by atoms with E-state index in [2.05, 4.69) is 11.4 Å². The summed E-state index contributed by atoms with van der Waals surface area (Å²) in [4.78, 5) is 12.4. The third kappa shape index (κ3) is 4.32. The minimum Gasteiger partial charge on any atom is -0.355 e. The minimum absolute atomic E-state index is 0.0509. The molecule has 2 atom stereocenters. The van der Waals surface area contributed by atoms with Gasteiger partial charge in [-0.2, -0.15) is 5.26 Å². The summed E-state index contributed by atoms with van der Waals surface area (Å²) in [5.41, 5.74) is 0.507. The molecule has 23 heavy (non-hydrogen) atoms. The maximum absolute atomic E-state index is 12.4. The van der Waals surface area contributed by atoms with Crippen LogP contribution < -0.4 is 5.32 Å². The van der Waals surface area contributed by atoms with Crippen LogP contribution in [0.5, 0.6) is 0 Å². The summed E-state index contributed by atoms with van der Waals surface area (Å²) >= 11 is 18.1. The molecule has 1 unspecified atom stereocenters. The van der Waals surface area contributed by atoms with Crippen molar-refractivity contribution in [1.29, 1.82) is 5.26 Å². The lowest BCUT2D eigenvalue weighted by atomic mass is 9.75. The number of halogens is 3. The van der Waals surface area contributed by atoms with Crippen LogP contribution in [0, 0.1) is 28.6 Å². The predicted molar refractivity (Wildman–Crippen MR) is 93.6 cm³/mol. The van der Waals surface area contributed by atoms with Crippen LogP contribution in [0.1, 0.15) is 25.8 Å². The molecule has 1 fully saturated rings. The molecule has 2 rings (SSSR count). The molecule has 124 valence electrons. The summed E-state index contributed by atoms with van der Waals surface area (Å²) in [5, 5.41) is 12.9. The monoisotopic (exact) mass is 372 g/mol. The third-order valence-corrected chi connectivity index (χ3v) is 5.57. The Bertz CT molecular complexity index is 620. The molecule has 0 saturated heterocycles. The number of nitriles is 1. The van der Waals surface area contributed by atoms with Gasteiger partial charge in [-0.25, -0.2) is 0 Å². The van der Waals surface area contributed by atoms with Gasteiger partial charge in [-0.1, -0.05) is 37.6 Å². The molecule has 0 aromatic heterocycles. The number of alkyl halides is 2. The molecule has 0 spiro atoms. The number of benzene rings is 1. The molecule has 1 aromatic rings. The first-order chi connectivity index (χ1) is 10.7. The number of nitrogens with one attached hydrogen (secondary N) is 1. The van der Waals surface area contributed by atoms with Crippen LogP contribution in [0.15, 0.2) is 24.3 Å². The van der Waals surface area contributed by atoms with Crippen molar-refractivity contribution in [2.24, 2.45) is 17.3 Å². The first-order valence-electron chi connectivity index (χ1n) is 7.48. The third-order valence-electron chi connectivity index (χ3n) is 4.49. The predicted octanol–water partition coefficient (Wildman–Crippen LogP) is 4.36. The lowest BCUT2D eigenvalue weighted by Gasteiger charge is -2.29. The summed E-state index contributed by atoms with van der Waals surface area (Å²) in [6.45, 7) is 4.21. The molecule has 6 heteroatoms. The van der Waals surface area contributed by atoms with E-state index in [0.717, 1.165) is 5.56 Å². The van der Waals surface area contributed by atoms with Crippen LogP contribution in [0.4, 0.5) is 0 Å². The molecule has 1 saturated carbocycles. The van der Waals surface area contributed by atoms with Crippen LogP contribution >= 0.6 is 34.8 Å². The minimum atomic E-state index is -0.817. The number of carbonyl (C=O) groups is 1. The zero-order valence-corrected chi connectivity index (χ0v) is 15.3. The SMILES string of the molecule is CC(C)(C(C#N)C(=O)NCCc1ccc(Cl)cc1)[C@H]1CC1(Cl)Cl. The Morgan fingerprint density at radius 3 is 2.48 bits per heavy atom. The lowest BCUT2D eigenvalue weighted by Crippen LogP contribution is -2.41.